The topological polar surface area (TPSA) is 52.6 Å². The van der Waals surface area contributed by atoms with Gasteiger partial charge in [-0.15, -0.1) is 0 Å². The van der Waals surface area contributed by atoms with Gasteiger partial charge in [-0.1, -0.05) is 24.3 Å². The molecule has 26 heavy (non-hydrogen) atoms. The summed E-state index contributed by atoms with van der Waals surface area (Å²) in [6, 6.07) is 11.4. The van der Waals surface area contributed by atoms with Crippen LogP contribution >= 0.6 is 0 Å². The Morgan fingerprint density at radius 3 is 1.31 bits per heavy atom. The molecule has 0 aromatic heterocycles. The molecule has 2 atom stereocenters. The maximum atomic E-state index is 13.3. The predicted octanol–water partition coefficient (Wildman–Crippen LogP) is 3.96. The molecule has 0 fully saturated rings. The van der Waals surface area contributed by atoms with Crippen LogP contribution in [0.1, 0.15) is 35.8 Å². The zero-order valence-corrected chi connectivity index (χ0v) is 14.6. The number of benzene rings is 2. The van der Waals surface area contributed by atoms with Crippen LogP contribution in [0.2, 0.25) is 0 Å². The van der Waals surface area contributed by atoms with Crippen LogP contribution < -0.4 is 0 Å². The minimum Gasteiger partial charge on any atom is -0.469 e. The van der Waals surface area contributed by atoms with Crippen molar-refractivity contribution in [1.82, 2.24) is 0 Å². The molecule has 0 spiro atoms. The summed E-state index contributed by atoms with van der Waals surface area (Å²) in [6.45, 7) is 0. The van der Waals surface area contributed by atoms with E-state index in [1.807, 2.05) is 0 Å². The lowest BCUT2D eigenvalue weighted by atomic mass is 9.77. The van der Waals surface area contributed by atoms with Gasteiger partial charge in [-0.3, -0.25) is 9.59 Å². The van der Waals surface area contributed by atoms with Crippen molar-refractivity contribution in [1.29, 1.82) is 0 Å². The fourth-order valence-corrected chi connectivity index (χ4v) is 2.93. The van der Waals surface area contributed by atoms with Crippen molar-refractivity contribution in [2.24, 2.45) is 0 Å². The lowest BCUT2D eigenvalue weighted by molar-refractivity contribution is -0.143. The van der Waals surface area contributed by atoms with Crippen molar-refractivity contribution in [3.8, 4) is 0 Å². The molecule has 2 aromatic carbocycles. The monoisotopic (exact) mass is 362 g/mol. The van der Waals surface area contributed by atoms with Gasteiger partial charge in [0.2, 0.25) is 0 Å². The first-order valence-electron chi connectivity index (χ1n) is 8.09. The third kappa shape index (κ3) is 5.12. The molecule has 0 saturated heterocycles. The highest BCUT2D eigenvalue weighted by Crippen LogP contribution is 2.39. The fraction of sp³-hybridized carbons (Fsp3) is 0.300. The Morgan fingerprint density at radius 1 is 0.731 bits per heavy atom. The van der Waals surface area contributed by atoms with E-state index in [4.69, 9.17) is 9.47 Å². The van der Waals surface area contributed by atoms with Gasteiger partial charge in [0.05, 0.1) is 27.1 Å². The van der Waals surface area contributed by atoms with Crippen LogP contribution in [-0.2, 0) is 19.1 Å². The molecule has 0 amide bonds. The first-order valence-corrected chi connectivity index (χ1v) is 8.09. The van der Waals surface area contributed by atoms with Gasteiger partial charge in [0.25, 0.3) is 0 Å². The quantitative estimate of drug-likeness (QED) is 0.700. The van der Waals surface area contributed by atoms with Crippen LogP contribution in [-0.4, -0.2) is 26.2 Å². The fourth-order valence-electron chi connectivity index (χ4n) is 2.93. The number of esters is 2. The van der Waals surface area contributed by atoms with Crippen LogP contribution in [0.15, 0.2) is 48.5 Å². The molecule has 0 aliphatic rings. The number of methoxy groups -OCH3 is 2. The number of carbonyl (C=O) groups excluding carboxylic acids is 2. The molecule has 4 nitrogen and oxygen atoms in total. The SMILES string of the molecule is COC(=O)C[C@H](c1ccc(F)cc1)[C@@H](CC(=O)OC)c1ccc(F)cc1. The summed E-state index contributed by atoms with van der Waals surface area (Å²) < 4.78 is 36.2. The first-order chi connectivity index (χ1) is 12.4. The van der Waals surface area contributed by atoms with Gasteiger partial charge in [0.15, 0.2) is 0 Å². The minimum atomic E-state index is -0.465. The molecule has 2 aromatic rings. The first kappa shape index (κ1) is 19.6. The van der Waals surface area contributed by atoms with Crippen LogP contribution in [0.3, 0.4) is 0 Å². The van der Waals surface area contributed by atoms with Crippen LogP contribution in [0.5, 0.6) is 0 Å². The van der Waals surface area contributed by atoms with E-state index in [1.165, 1.54) is 38.5 Å². The summed E-state index contributed by atoms with van der Waals surface area (Å²) in [5, 5.41) is 0. The van der Waals surface area contributed by atoms with Crippen molar-refractivity contribution >= 4 is 11.9 Å². The normalized spacial score (nSPS) is 12.9. The Morgan fingerprint density at radius 2 is 1.04 bits per heavy atom. The molecule has 0 radical (unpaired) electrons. The number of halogens is 2. The summed E-state index contributed by atoms with van der Waals surface area (Å²) in [5.41, 5.74) is 1.35. The van der Waals surface area contributed by atoms with E-state index in [0.717, 1.165) is 0 Å². The molecule has 0 bridgehead atoms. The summed E-state index contributed by atoms with van der Waals surface area (Å²) in [6.07, 6.45) is -0.0255. The highest BCUT2D eigenvalue weighted by Gasteiger charge is 2.30. The largest absolute Gasteiger partial charge is 0.469 e. The third-order valence-electron chi connectivity index (χ3n) is 4.31. The third-order valence-corrected chi connectivity index (χ3v) is 4.31. The number of rotatable bonds is 7. The maximum Gasteiger partial charge on any atom is 0.306 e. The van der Waals surface area contributed by atoms with Gasteiger partial charge in [-0.2, -0.15) is 0 Å². The van der Waals surface area contributed by atoms with E-state index in [1.54, 1.807) is 24.3 Å². The van der Waals surface area contributed by atoms with Crippen molar-refractivity contribution in [3.63, 3.8) is 0 Å². The number of hydrogen-bond donors (Lipinski definition) is 0. The van der Waals surface area contributed by atoms with Crippen LogP contribution in [0.25, 0.3) is 0 Å². The minimum absolute atomic E-state index is 0.0127. The second-order valence-corrected chi connectivity index (χ2v) is 5.88. The Balaban J connectivity index is 2.47. The average Bonchev–Trinajstić information content (AvgIpc) is 2.65. The van der Waals surface area contributed by atoms with Gasteiger partial charge in [-0.05, 0) is 35.4 Å². The van der Waals surface area contributed by atoms with Crippen molar-refractivity contribution in [2.45, 2.75) is 24.7 Å². The maximum absolute atomic E-state index is 13.3. The van der Waals surface area contributed by atoms with Crippen molar-refractivity contribution < 1.29 is 27.8 Å². The summed E-state index contributed by atoms with van der Waals surface area (Å²) in [7, 11) is 2.55. The Bertz CT molecular complexity index is 676. The Kier molecular flexibility index (Phi) is 6.83. The Hall–Kier alpha value is -2.76. The molecule has 0 heterocycles. The predicted molar refractivity (Wildman–Crippen MR) is 91.5 cm³/mol. The molecular formula is C20H20F2O4. The van der Waals surface area contributed by atoms with Gasteiger partial charge in [0, 0.05) is 11.8 Å². The molecule has 0 unspecified atom stereocenters. The van der Waals surface area contributed by atoms with E-state index in [9.17, 15) is 18.4 Å². The highest BCUT2D eigenvalue weighted by atomic mass is 19.1. The smallest absolute Gasteiger partial charge is 0.306 e. The lowest BCUT2D eigenvalue weighted by Crippen LogP contribution is -2.20. The zero-order chi connectivity index (χ0) is 19.1. The van der Waals surface area contributed by atoms with E-state index in [0.29, 0.717) is 11.1 Å². The van der Waals surface area contributed by atoms with Gasteiger partial charge < -0.3 is 9.47 Å². The molecule has 0 aliphatic carbocycles. The van der Waals surface area contributed by atoms with E-state index < -0.39 is 35.4 Å². The number of carbonyl (C=O) groups is 2. The number of ether oxygens (including phenoxy) is 2. The molecule has 138 valence electrons. The molecule has 0 aliphatic heterocycles. The van der Waals surface area contributed by atoms with Crippen molar-refractivity contribution in [2.75, 3.05) is 14.2 Å². The standard InChI is InChI=1S/C20H20F2O4/c1-25-19(23)11-17(13-3-7-15(21)8-4-13)18(12-20(24)26-2)14-5-9-16(22)10-6-14/h3-10,17-18H,11-12H2,1-2H3/t17-,18+. The van der Waals surface area contributed by atoms with Crippen molar-refractivity contribution in [3.05, 3.63) is 71.3 Å². The van der Waals surface area contributed by atoms with Gasteiger partial charge >= 0.3 is 11.9 Å². The molecule has 2 rings (SSSR count). The van der Waals surface area contributed by atoms with Gasteiger partial charge in [-0.25, -0.2) is 8.78 Å². The van der Waals surface area contributed by atoms with Crippen LogP contribution in [0, 0.1) is 11.6 Å². The zero-order valence-electron chi connectivity index (χ0n) is 14.6. The van der Waals surface area contributed by atoms with E-state index in [2.05, 4.69) is 0 Å². The summed E-state index contributed by atoms with van der Waals surface area (Å²) >= 11 is 0. The second-order valence-electron chi connectivity index (χ2n) is 5.88. The Labute approximate surface area is 150 Å². The number of hydrogen-bond acceptors (Lipinski definition) is 4. The summed E-state index contributed by atoms with van der Waals surface area (Å²) in [4.78, 5) is 23.9. The highest BCUT2D eigenvalue weighted by molar-refractivity contribution is 5.73. The van der Waals surface area contributed by atoms with E-state index in [-0.39, 0.29) is 12.8 Å². The van der Waals surface area contributed by atoms with Gasteiger partial charge in [0.1, 0.15) is 11.6 Å². The molecule has 0 N–H and O–H groups in total. The lowest BCUT2D eigenvalue weighted by Gasteiger charge is -2.27. The van der Waals surface area contributed by atoms with E-state index >= 15 is 0 Å². The molecular weight excluding hydrogens is 342 g/mol. The summed E-state index contributed by atoms with van der Waals surface area (Å²) in [5.74, 6) is -2.67. The molecule has 6 heteroatoms. The second kappa shape index (κ2) is 9.08. The molecule has 0 saturated carbocycles. The van der Waals surface area contributed by atoms with Crippen LogP contribution in [0.4, 0.5) is 8.78 Å². The average molecular weight is 362 g/mol.